The van der Waals surface area contributed by atoms with Crippen LogP contribution in [0.1, 0.15) is 26.4 Å². The van der Waals surface area contributed by atoms with Gasteiger partial charge >= 0.3 is 5.97 Å². The van der Waals surface area contributed by atoms with Crippen LogP contribution in [0.3, 0.4) is 0 Å². The van der Waals surface area contributed by atoms with E-state index in [-0.39, 0.29) is 0 Å². The smallest absolute Gasteiger partial charge is 0.312 e. The molecule has 114 valence electrons. The zero-order valence-electron chi connectivity index (χ0n) is 12.6. The number of oxime groups is 1. The van der Waals surface area contributed by atoms with Gasteiger partial charge in [0.15, 0.2) is 0 Å². The first kappa shape index (κ1) is 15.2. The zero-order valence-corrected chi connectivity index (χ0v) is 13.4. The average molecular weight is 321 g/mol. The van der Waals surface area contributed by atoms with Crippen LogP contribution < -0.4 is 0 Å². The summed E-state index contributed by atoms with van der Waals surface area (Å²) < 4.78 is 0. The van der Waals surface area contributed by atoms with Gasteiger partial charge in [-0.15, -0.1) is 11.3 Å². The van der Waals surface area contributed by atoms with Crippen molar-refractivity contribution in [3.63, 3.8) is 0 Å². The molecule has 1 heterocycles. The summed E-state index contributed by atoms with van der Waals surface area (Å²) in [7, 11) is 0. The monoisotopic (exact) mass is 321 g/mol. The van der Waals surface area contributed by atoms with Crippen molar-refractivity contribution in [2.45, 2.75) is 6.92 Å². The van der Waals surface area contributed by atoms with Crippen molar-refractivity contribution in [2.24, 2.45) is 5.16 Å². The first-order chi connectivity index (χ1) is 11.2. The Morgan fingerprint density at radius 3 is 2.13 bits per heavy atom. The number of carbonyl (C=O) groups is 1. The fraction of sp³-hybridized carbons (Fsp3) is 0.0526. The van der Waals surface area contributed by atoms with Gasteiger partial charge in [0, 0.05) is 5.56 Å². The Balaban J connectivity index is 1.91. The topological polar surface area (TPSA) is 38.7 Å². The summed E-state index contributed by atoms with van der Waals surface area (Å²) in [5, 5.41) is 6.18. The van der Waals surface area contributed by atoms with E-state index in [2.05, 4.69) is 5.16 Å². The van der Waals surface area contributed by atoms with E-state index in [0.29, 0.717) is 11.3 Å². The lowest BCUT2D eigenvalue weighted by atomic mass is 10.1. The molecule has 0 unspecified atom stereocenters. The molecular weight excluding hydrogens is 306 g/mol. The minimum absolute atomic E-state index is 0.465. The number of carbonyl (C=O) groups excluding carboxylic acids is 1. The summed E-state index contributed by atoms with van der Waals surface area (Å²) >= 11 is 1.58. The molecule has 3 aromatic rings. The molecule has 0 radical (unpaired) electrons. The molecule has 0 saturated heterocycles. The van der Waals surface area contributed by atoms with Crippen molar-refractivity contribution in [1.29, 1.82) is 0 Å². The molecule has 23 heavy (non-hydrogen) atoms. The number of aryl methyl sites for hydroxylation is 1. The molecule has 0 N–H and O–H groups in total. The van der Waals surface area contributed by atoms with Gasteiger partial charge in [-0.3, -0.25) is 0 Å². The molecule has 3 nitrogen and oxygen atoms in total. The van der Waals surface area contributed by atoms with Crippen molar-refractivity contribution >= 4 is 23.0 Å². The minimum atomic E-state index is -0.465. The van der Waals surface area contributed by atoms with Crippen molar-refractivity contribution in [3.8, 4) is 0 Å². The Labute approximate surface area is 138 Å². The molecular formula is C19H15NO2S. The first-order valence-corrected chi connectivity index (χ1v) is 8.07. The van der Waals surface area contributed by atoms with Crippen LogP contribution in [0.5, 0.6) is 0 Å². The number of benzene rings is 2. The molecule has 2 aromatic carbocycles. The van der Waals surface area contributed by atoms with Gasteiger partial charge in [0.25, 0.3) is 0 Å². The Kier molecular flexibility index (Phi) is 4.64. The molecule has 0 amide bonds. The van der Waals surface area contributed by atoms with Gasteiger partial charge in [0.1, 0.15) is 5.71 Å². The van der Waals surface area contributed by atoms with Crippen molar-refractivity contribution in [1.82, 2.24) is 0 Å². The largest absolute Gasteiger partial charge is 0.365 e. The molecule has 0 spiro atoms. The van der Waals surface area contributed by atoms with Crippen LogP contribution in [0.4, 0.5) is 0 Å². The summed E-state index contributed by atoms with van der Waals surface area (Å²) in [6.07, 6.45) is 0. The number of hydrogen-bond donors (Lipinski definition) is 0. The fourth-order valence-corrected chi connectivity index (χ4v) is 3.01. The van der Waals surface area contributed by atoms with Gasteiger partial charge in [-0.05, 0) is 36.1 Å². The second kappa shape index (κ2) is 7.03. The average Bonchev–Trinajstić information content (AvgIpc) is 3.03. The van der Waals surface area contributed by atoms with E-state index in [1.165, 1.54) is 0 Å². The molecule has 0 aliphatic carbocycles. The van der Waals surface area contributed by atoms with E-state index in [4.69, 9.17) is 4.84 Å². The number of nitrogens with zero attached hydrogens (tertiary/aromatic N) is 1. The van der Waals surface area contributed by atoms with Crippen LogP contribution in [0.25, 0.3) is 0 Å². The van der Waals surface area contributed by atoms with Crippen molar-refractivity contribution in [3.05, 3.63) is 93.7 Å². The third-order valence-electron chi connectivity index (χ3n) is 3.24. The van der Waals surface area contributed by atoms with Crippen molar-refractivity contribution in [2.75, 3.05) is 0 Å². The highest BCUT2D eigenvalue weighted by molar-refractivity contribution is 7.12. The molecule has 4 heteroatoms. The number of rotatable bonds is 4. The molecule has 0 aliphatic heterocycles. The van der Waals surface area contributed by atoms with Crippen LogP contribution in [0, 0.1) is 6.92 Å². The highest BCUT2D eigenvalue weighted by atomic mass is 32.1. The minimum Gasteiger partial charge on any atom is -0.312 e. The maximum absolute atomic E-state index is 12.1. The van der Waals surface area contributed by atoms with Crippen LogP contribution in [-0.4, -0.2) is 11.7 Å². The van der Waals surface area contributed by atoms with E-state index in [1.807, 2.05) is 54.8 Å². The molecule has 0 saturated carbocycles. The lowest BCUT2D eigenvalue weighted by Crippen LogP contribution is -2.06. The highest BCUT2D eigenvalue weighted by Gasteiger charge is 2.12. The summed E-state index contributed by atoms with van der Waals surface area (Å²) in [5.41, 5.74) is 3.21. The molecule has 0 bridgehead atoms. The van der Waals surface area contributed by atoms with Gasteiger partial charge in [0.2, 0.25) is 0 Å². The van der Waals surface area contributed by atoms with E-state index in [0.717, 1.165) is 16.0 Å². The van der Waals surface area contributed by atoms with Crippen LogP contribution in [-0.2, 0) is 4.84 Å². The number of thiophene rings is 1. The third kappa shape index (κ3) is 3.73. The molecule has 0 fully saturated rings. The summed E-state index contributed by atoms with van der Waals surface area (Å²) in [6, 6.07) is 20.6. The Hall–Kier alpha value is -2.72. The normalized spacial score (nSPS) is 11.3. The zero-order chi connectivity index (χ0) is 16.1. The van der Waals surface area contributed by atoms with E-state index in [1.54, 1.807) is 35.6 Å². The quantitative estimate of drug-likeness (QED) is 0.398. The van der Waals surface area contributed by atoms with Gasteiger partial charge in [-0.1, -0.05) is 53.7 Å². The predicted octanol–water partition coefficient (Wildman–Crippen LogP) is 4.67. The van der Waals surface area contributed by atoms with E-state index < -0.39 is 5.97 Å². The molecule has 1 aromatic heterocycles. The summed E-state index contributed by atoms with van der Waals surface area (Å²) in [5.74, 6) is -0.465. The Morgan fingerprint density at radius 2 is 1.57 bits per heavy atom. The molecule has 3 rings (SSSR count). The Bertz CT molecular complexity index is 823. The lowest BCUT2D eigenvalue weighted by Gasteiger charge is -2.04. The second-order valence-electron chi connectivity index (χ2n) is 5.04. The second-order valence-corrected chi connectivity index (χ2v) is 5.95. The lowest BCUT2D eigenvalue weighted by molar-refractivity contribution is 0.0517. The first-order valence-electron chi connectivity index (χ1n) is 7.19. The van der Waals surface area contributed by atoms with Gasteiger partial charge in [-0.2, -0.15) is 0 Å². The molecule has 0 aliphatic rings. The maximum atomic E-state index is 12.1. The fourth-order valence-electron chi connectivity index (χ4n) is 2.11. The van der Waals surface area contributed by atoms with Crippen LogP contribution in [0.15, 0.2) is 77.3 Å². The van der Waals surface area contributed by atoms with E-state index in [9.17, 15) is 4.79 Å². The Morgan fingerprint density at radius 1 is 0.957 bits per heavy atom. The third-order valence-corrected chi connectivity index (χ3v) is 4.30. The van der Waals surface area contributed by atoms with Crippen LogP contribution >= 0.6 is 11.3 Å². The summed E-state index contributed by atoms with van der Waals surface area (Å²) in [6.45, 7) is 2.03. The van der Waals surface area contributed by atoms with Gasteiger partial charge in [0.05, 0.1) is 10.4 Å². The number of hydrogen-bond acceptors (Lipinski definition) is 4. The maximum Gasteiger partial charge on any atom is 0.365 e. The van der Waals surface area contributed by atoms with E-state index >= 15 is 0 Å². The predicted molar refractivity (Wildman–Crippen MR) is 93.0 cm³/mol. The van der Waals surface area contributed by atoms with Gasteiger partial charge in [-0.25, -0.2) is 4.79 Å². The van der Waals surface area contributed by atoms with Gasteiger partial charge < -0.3 is 4.84 Å². The summed E-state index contributed by atoms with van der Waals surface area (Å²) in [4.78, 5) is 18.2. The highest BCUT2D eigenvalue weighted by Crippen LogP contribution is 2.19. The SMILES string of the molecule is Cc1csc(C(=NOC(=O)c2ccccc2)c2ccccc2)c1. The van der Waals surface area contributed by atoms with Crippen LogP contribution in [0.2, 0.25) is 0 Å². The molecule has 0 atom stereocenters. The van der Waals surface area contributed by atoms with Crippen molar-refractivity contribution < 1.29 is 9.63 Å². The standard InChI is InChI=1S/C19H15NO2S/c1-14-12-17(23-13-14)18(15-8-4-2-5-9-15)20-22-19(21)16-10-6-3-7-11-16/h2-13H,1H3.